The topological polar surface area (TPSA) is 0 Å². The van der Waals surface area contributed by atoms with Crippen molar-refractivity contribution in [3.05, 3.63) is 0 Å². The highest BCUT2D eigenvalue weighted by Crippen LogP contribution is 2.40. The molecule has 0 saturated heterocycles. The van der Waals surface area contributed by atoms with Gasteiger partial charge in [-0.1, -0.05) is 0 Å². The first-order valence-electron chi connectivity index (χ1n) is 2.32. The van der Waals surface area contributed by atoms with Crippen LogP contribution in [0.15, 0.2) is 0 Å². The Balaban J connectivity index is 4.10. The van der Waals surface area contributed by atoms with Crippen molar-refractivity contribution in [3.63, 3.8) is 0 Å². The fraction of sp³-hybridized carbons (Fsp3) is 1.00. The molecule has 0 aromatic rings. The zero-order valence-electron chi connectivity index (χ0n) is 4.68. The average Bonchev–Trinajstić information content (AvgIpc) is 1.61. The van der Waals surface area contributed by atoms with Gasteiger partial charge in [0, 0.05) is 12.3 Å². The van der Waals surface area contributed by atoms with Gasteiger partial charge in [0.1, 0.15) is 0 Å². The van der Waals surface area contributed by atoms with E-state index in [1.165, 1.54) is 0 Å². The molecule has 0 aliphatic carbocycles. The standard InChI is InChI=1S/C4H4Cl2F4/c5-2-1-3(7,8)4(6,9)10/h1-2H2. The highest BCUT2D eigenvalue weighted by atomic mass is 35.5. The first kappa shape index (κ1) is 10.3. The van der Waals surface area contributed by atoms with Crippen LogP contribution in [0.25, 0.3) is 0 Å². The van der Waals surface area contributed by atoms with Crippen LogP contribution in [0.3, 0.4) is 0 Å². The Hall–Kier alpha value is 0.300. The summed E-state index contributed by atoms with van der Waals surface area (Å²) in [5.41, 5.74) is 0. The van der Waals surface area contributed by atoms with E-state index in [1.807, 2.05) is 0 Å². The summed E-state index contributed by atoms with van der Waals surface area (Å²) in [6.45, 7) is 0. The van der Waals surface area contributed by atoms with Crippen molar-refractivity contribution < 1.29 is 17.6 Å². The molecule has 0 fully saturated rings. The van der Waals surface area contributed by atoms with Crippen molar-refractivity contribution >= 4 is 23.2 Å². The molecule has 0 bridgehead atoms. The van der Waals surface area contributed by atoms with E-state index in [1.54, 1.807) is 0 Å². The summed E-state index contributed by atoms with van der Waals surface area (Å²) in [5.74, 6) is -4.76. The molecule has 0 amide bonds. The van der Waals surface area contributed by atoms with E-state index >= 15 is 0 Å². The Bertz CT molecular complexity index is 108. The smallest absolute Gasteiger partial charge is 0.198 e. The molecule has 0 aromatic carbocycles. The fourth-order valence-corrected chi connectivity index (χ4v) is 0.592. The molecule has 0 heterocycles. The van der Waals surface area contributed by atoms with Crippen molar-refractivity contribution in [2.75, 3.05) is 5.88 Å². The van der Waals surface area contributed by atoms with Crippen LogP contribution >= 0.6 is 23.2 Å². The van der Waals surface area contributed by atoms with Gasteiger partial charge in [-0.25, -0.2) is 0 Å². The molecular formula is C4H4Cl2F4. The van der Waals surface area contributed by atoms with Gasteiger partial charge < -0.3 is 0 Å². The van der Waals surface area contributed by atoms with Crippen molar-refractivity contribution in [3.8, 4) is 0 Å². The zero-order chi connectivity index (χ0) is 8.41. The average molecular weight is 199 g/mol. The van der Waals surface area contributed by atoms with Crippen LogP contribution in [0.4, 0.5) is 17.6 Å². The molecular weight excluding hydrogens is 195 g/mol. The van der Waals surface area contributed by atoms with Crippen LogP contribution in [0, 0.1) is 0 Å². The van der Waals surface area contributed by atoms with Crippen LogP contribution in [-0.4, -0.2) is 17.2 Å². The number of rotatable bonds is 3. The van der Waals surface area contributed by atoms with Gasteiger partial charge in [0.05, 0.1) is 0 Å². The molecule has 0 N–H and O–H groups in total. The summed E-state index contributed by atoms with van der Waals surface area (Å²) >= 11 is 8.88. The molecule has 0 saturated carbocycles. The fourth-order valence-electron chi connectivity index (χ4n) is 0.260. The van der Waals surface area contributed by atoms with Gasteiger partial charge in [-0.2, -0.15) is 17.6 Å². The Morgan fingerprint density at radius 3 is 1.60 bits per heavy atom. The minimum atomic E-state index is -4.50. The lowest BCUT2D eigenvalue weighted by Gasteiger charge is -2.19. The van der Waals surface area contributed by atoms with Crippen LogP contribution in [0.1, 0.15) is 6.42 Å². The SMILES string of the molecule is FC(F)(Cl)C(F)(F)CCCl. The first-order valence-corrected chi connectivity index (χ1v) is 3.23. The molecule has 0 nitrogen and oxygen atoms in total. The third-order valence-corrected chi connectivity index (χ3v) is 1.29. The van der Waals surface area contributed by atoms with Crippen molar-refractivity contribution in [2.24, 2.45) is 0 Å². The summed E-state index contributed by atoms with van der Waals surface area (Å²) in [6.07, 6.45) is -1.12. The zero-order valence-corrected chi connectivity index (χ0v) is 6.19. The van der Waals surface area contributed by atoms with Gasteiger partial charge in [0.15, 0.2) is 0 Å². The predicted molar refractivity (Wildman–Crippen MR) is 31.1 cm³/mol. The minimum Gasteiger partial charge on any atom is -0.198 e. The van der Waals surface area contributed by atoms with E-state index in [0.29, 0.717) is 0 Å². The summed E-state index contributed by atoms with van der Waals surface area (Å²) < 4.78 is 47.2. The molecule has 0 aliphatic rings. The molecule has 0 atom stereocenters. The molecule has 6 heteroatoms. The summed E-state index contributed by atoms with van der Waals surface area (Å²) in [7, 11) is 0. The number of hydrogen-bond acceptors (Lipinski definition) is 0. The van der Waals surface area contributed by atoms with Gasteiger partial charge in [-0.3, -0.25) is 0 Å². The highest BCUT2D eigenvalue weighted by Gasteiger charge is 2.53. The Labute approximate surface area is 65.1 Å². The predicted octanol–water partition coefficient (Wildman–Crippen LogP) is 3.08. The normalized spacial score (nSPS) is 13.8. The van der Waals surface area contributed by atoms with Crippen molar-refractivity contribution in [2.45, 2.75) is 17.7 Å². The van der Waals surface area contributed by atoms with Crippen molar-refractivity contribution in [1.82, 2.24) is 0 Å². The van der Waals surface area contributed by atoms with Crippen LogP contribution in [0.5, 0.6) is 0 Å². The quantitative estimate of drug-likeness (QED) is 0.483. The maximum absolute atomic E-state index is 12.0. The van der Waals surface area contributed by atoms with E-state index in [2.05, 4.69) is 11.6 Å². The van der Waals surface area contributed by atoms with E-state index in [9.17, 15) is 17.6 Å². The summed E-state index contributed by atoms with van der Waals surface area (Å²) in [5, 5.41) is -4.50. The first-order chi connectivity index (χ1) is 4.31. The highest BCUT2D eigenvalue weighted by molar-refractivity contribution is 6.22. The lowest BCUT2D eigenvalue weighted by atomic mass is 10.3. The minimum absolute atomic E-state index is 0.546. The number of halogens is 6. The van der Waals surface area contributed by atoms with Gasteiger partial charge in [0.25, 0.3) is 0 Å². The summed E-state index contributed by atoms with van der Waals surface area (Å²) in [4.78, 5) is 0. The Kier molecular flexibility index (Phi) is 3.23. The van der Waals surface area contributed by atoms with Gasteiger partial charge in [0.2, 0.25) is 0 Å². The van der Waals surface area contributed by atoms with Crippen LogP contribution < -0.4 is 0 Å². The monoisotopic (exact) mass is 198 g/mol. The molecule has 62 valence electrons. The second kappa shape index (κ2) is 3.13. The molecule has 0 aliphatic heterocycles. The van der Waals surface area contributed by atoms with Gasteiger partial charge >= 0.3 is 11.3 Å². The molecule has 10 heavy (non-hydrogen) atoms. The maximum atomic E-state index is 12.0. The lowest BCUT2D eigenvalue weighted by Crippen LogP contribution is -2.35. The van der Waals surface area contributed by atoms with E-state index in [4.69, 9.17) is 11.6 Å². The van der Waals surface area contributed by atoms with E-state index in [0.717, 1.165) is 0 Å². The Morgan fingerprint density at radius 1 is 1.10 bits per heavy atom. The van der Waals surface area contributed by atoms with Crippen molar-refractivity contribution in [1.29, 1.82) is 0 Å². The molecule has 0 unspecified atom stereocenters. The van der Waals surface area contributed by atoms with E-state index in [-0.39, 0.29) is 0 Å². The number of alkyl halides is 6. The largest absolute Gasteiger partial charge is 0.384 e. The third-order valence-electron chi connectivity index (χ3n) is 0.823. The molecule has 0 aromatic heterocycles. The second-order valence-electron chi connectivity index (χ2n) is 1.64. The molecule has 0 rings (SSSR count). The lowest BCUT2D eigenvalue weighted by molar-refractivity contribution is -0.157. The molecule has 0 spiro atoms. The van der Waals surface area contributed by atoms with E-state index < -0.39 is 23.6 Å². The van der Waals surface area contributed by atoms with Crippen LogP contribution in [0.2, 0.25) is 0 Å². The number of hydrogen-bond donors (Lipinski definition) is 0. The van der Waals surface area contributed by atoms with Gasteiger partial charge in [-0.05, 0) is 11.6 Å². The van der Waals surface area contributed by atoms with Crippen LogP contribution in [-0.2, 0) is 0 Å². The maximum Gasteiger partial charge on any atom is 0.384 e. The summed E-state index contributed by atoms with van der Waals surface area (Å²) in [6, 6.07) is 0. The van der Waals surface area contributed by atoms with Gasteiger partial charge in [-0.15, -0.1) is 11.6 Å². The molecule has 0 radical (unpaired) electrons. The third kappa shape index (κ3) is 2.50. The second-order valence-corrected chi connectivity index (χ2v) is 2.49. The Morgan fingerprint density at radius 2 is 1.50 bits per heavy atom.